The first kappa shape index (κ1) is 29.2. The zero-order chi connectivity index (χ0) is 29.2. The largest absolute Gasteiger partial charge is 0.508 e. The minimum atomic E-state index is -1.15. The molecule has 0 saturated heterocycles. The van der Waals surface area contributed by atoms with Gasteiger partial charge in [-0.2, -0.15) is 0 Å². The van der Waals surface area contributed by atoms with Crippen molar-refractivity contribution in [2.75, 3.05) is 0 Å². The number of phenols is 2. The van der Waals surface area contributed by atoms with Crippen molar-refractivity contribution in [3.05, 3.63) is 75.9 Å². The molecule has 2 aliphatic heterocycles. The zero-order valence-electron chi connectivity index (χ0n) is 23.6. The van der Waals surface area contributed by atoms with Crippen LogP contribution in [0.1, 0.15) is 80.4 Å². The number of phenolic OH excluding ortho intramolecular Hbond substituents is 2. The summed E-state index contributed by atoms with van der Waals surface area (Å²) in [6.07, 6.45) is 6.90. The van der Waals surface area contributed by atoms with Gasteiger partial charge in [-0.15, -0.1) is 0 Å². The Hall–Kier alpha value is -3.78. The van der Waals surface area contributed by atoms with Crippen LogP contribution in [-0.4, -0.2) is 54.9 Å². The molecule has 0 fully saturated rings. The number of allylic oxidation sites excluding steroid dienone is 4. The number of fused-ring (bicyclic) bond motifs is 3. The summed E-state index contributed by atoms with van der Waals surface area (Å²) in [4.78, 5) is 27.0. The van der Waals surface area contributed by atoms with Gasteiger partial charge in [-0.25, -0.2) is 4.79 Å². The Morgan fingerprint density at radius 1 is 1.12 bits per heavy atom. The molecule has 4 N–H and O–H groups in total. The number of ether oxygens (including phenoxy) is 1. The molecule has 40 heavy (non-hydrogen) atoms. The van der Waals surface area contributed by atoms with Crippen molar-refractivity contribution in [1.29, 1.82) is 0 Å². The molecule has 0 saturated carbocycles. The number of aliphatic hydroxyl groups excluding tert-OH is 1. The second-order valence-corrected chi connectivity index (χ2v) is 11.4. The Morgan fingerprint density at radius 3 is 2.48 bits per heavy atom. The van der Waals surface area contributed by atoms with Gasteiger partial charge >= 0.3 is 5.97 Å². The molecule has 2 aromatic rings. The number of aromatic hydroxyl groups is 2. The number of benzene rings is 2. The number of carboxylic acids is 1. The molecule has 0 unspecified atom stereocenters. The smallest absolute Gasteiger partial charge is 0.326 e. The number of aliphatic hydroxyl groups is 1. The third-order valence-electron chi connectivity index (χ3n) is 7.97. The summed E-state index contributed by atoms with van der Waals surface area (Å²) in [7, 11) is 0. The second-order valence-electron chi connectivity index (χ2n) is 11.4. The van der Waals surface area contributed by atoms with E-state index in [0.717, 1.165) is 12.8 Å². The fraction of sp³-hybridized carbons (Fsp3) is 0.438. The Bertz CT molecular complexity index is 1340. The Balaban J connectivity index is 1.56. The van der Waals surface area contributed by atoms with E-state index in [4.69, 9.17) is 4.74 Å². The average molecular weight is 550 g/mol. The fourth-order valence-electron chi connectivity index (χ4n) is 5.46. The van der Waals surface area contributed by atoms with E-state index in [2.05, 4.69) is 32.9 Å². The molecule has 0 aromatic heterocycles. The van der Waals surface area contributed by atoms with Crippen LogP contribution in [-0.2, 0) is 24.2 Å². The Labute approximate surface area is 235 Å². The third kappa shape index (κ3) is 6.17. The standard InChI is InChI=1S/C32H39NO7/c1-19(2)7-5-8-20(3)9-6-14-32(4)28(36)17-24-27(35)16-23-25(29(24)40-32)18-33(30(23)37)26(31(38)39)15-21-10-12-22(34)13-11-21/h7,9-13,16,26,28,34-36H,5-6,8,14-15,17-18H2,1-4H3,(H,38,39)/t26-,28+,32-/m0/s1. The Kier molecular flexibility index (Phi) is 8.59. The van der Waals surface area contributed by atoms with E-state index in [9.17, 15) is 30.0 Å². The van der Waals surface area contributed by atoms with Crippen LogP contribution in [0.3, 0.4) is 0 Å². The van der Waals surface area contributed by atoms with E-state index in [-0.39, 0.29) is 36.4 Å². The molecule has 0 spiro atoms. The van der Waals surface area contributed by atoms with E-state index in [0.29, 0.717) is 35.3 Å². The quantitative estimate of drug-likeness (QED) is 0.297. The summed E-state index contributed by atoms with van der Waals surface area (Å²) in [6.45, 7) is 8.11. The highest BCUT2D eigenvalue weighted by Crippen LogP contribution is 2.46. The number of hydrogen-bond donors (Lipinski definition) is 4. The number of amides is 1. The number of carboxylic acid groups (broad SMARTS) is 1. The lowest BCUT2D eigenvalue weighted by Crippen LogP contribution is -2.49. The van der Waals surface area contributed by atoms with Crippen LogP contribution in [0, 0.1) is 0 Å². The fourth-order valence-corrected chi connectivity index (χ4v) is 5.46. The van der Waals surface area contributed by atoms with Crippen LogP contribution in [0.15, 0.2) is 53.6 Å². The molecule has 214 valence electrons. The molecule has 2 aliphatic rings. The molecule has 8 nitrogen and oxygen atoms in total. The summed E-state index contributed by atoms with van der Waals surface area (Å²) < 4.78 is 6.42. The van der Waals surface area contributed by atoms with Crippen molar-refractivity contribution in [3.8, 4) is 17.2 Å². The number of rotatable bonds is 10. The van der Waals surface area contributed by atoms with Crippen LogP contribution < -0.4 is 4.74 Å². The molecular formula is C32H39NO7. The molecule has 0 aliphatic carbocycles. The zero-order valence-corrected chi connectivity index (χ0v) is 23.6. The van der Waals surface area contributed by atoms with E-state index in [1.807, 2.05) is 6.92 Å². The topological polar surface area (TPSA) is 128 Å². The molecule has 1 amide bonds. The minimum Gasteiger partial charge on any atom is -0.508 e. The second kappa shape index (κ2) is 11.8. The van der Waals surface area contributed by atoms with Gasteiger partial charge in [-0.05, 0) is 77.1 Å². The average Bonchev–Trinajstić information content (AvgIpc) is 3.20. The first-order valence-electron chi connectivity index (χ1n) is 13.7. The number of aliphatic carboxylic acids is 1. The number of nitrogens with zero attached hydrogens (tertiary/aromatic N) is 1. The predicted molar refractivity (Wildman–Crippen MR) is 152 cm³/mol. The van der Waals surface area contributed by atoms with Crippen LogP contribution >= 0.6 is 0 Å². The molecule has 2 aromatic carbocycles. The van der Waals surface area contributed by atoms with Crippen molar-refractivity contribution >= 4 is 11.9 Å². The highest BCUT2D eigenvalue weighted by molar-refractivity contribution is 6.02. The first-order chi connectivity index (χ1) is 18.9. The van der Waals surface area contributed by atoms with Crippen molar-refractivity contribution in [1.82, 2.24) is 4.90 Å². The highest BCUT2D eigenvalue weighted by Gasteiger charge is 2.45. The predicted octanol–water partition coefficient (Wildman–Crippen LogP) is 5.28. The molecule has 8 heteroatoms. The van der Waals surface area contributed by atoms with Crippen molar-refractivity contribution < 1.29 is 34.8 Å². The van der Waals surface area contributed by atoms with Gasteiger partial charge in [0.25, 0.3) is 5.91 Å². The third-order valence-corrected chi connectivity index (χ3v) is 7.97. The molecular weight excluding hydrogens is 510 g/mol. The van der Waals surface area contributed by atoms with Gasteiger partial charge in [0.05, 0.1) is 18.2 Å². The van der Waals surface area contributed by atoms with Gasteiger partial charge in [0.2, 0.25) is 0 Å². The summed E-state index contributed by atoms with van der Waals surface area (Å²) in [6, 6.07) is 6.40. The number of carbonyl (C=O) groups is 2. The van der Waals surface area contributed by atoms with Gasteiger partial charge in [-0.3, -0.25) is 4.79 Å². The maximum absolute atomic E-state index is 13.4. The minimum absolute atomic E-state index is 0.0153. The van der Waals surface area contributed by atoms with Crippen LogP contribution in [0.5, 0.6) is 17.2 Å². The lowest BCUT2D eigenvalue weighted by Gasteiger charge is -2.41. The van der Waals surface area contributed by atoms with Crippen LogP contribution in [0.25, 0.3) is 0 Å². The normalized spacial score (nSPS) is 20.9. The monoisotopic (exact) mass is 549 g/mol. The SMILES string of the molecule is CC(C)=CCCC(C)=CCC[C@]1(C)Oc2c(c(O)cc3c2CN([C@@H](Cc2ccc(O)cc2)C(=O)O)C3=O)C[C@H]1O. The van der Waals surface area contributed by atoms with Gasteiger partial charge in [0.1, 0.15) is 28.9 Å². The maximum atomic E-state index is 13.4. The molecule has 3 atom stereocenters. The summed E-state index contributed by atoms with van der Waals surface area (Å²) in [5.41, 5.74) is 3.44. The van der Waals surface area contributed by atoms with Crippen LogP contribution in [0.2, 0.25) is 0 Å². The summed E-state index contributed by atoms with van der Waals surface area (Å²) in [5.74, 6) is -1.37. The lowest BCUT2D eigenvalue weighted by atomic mass is 9.84. The van der Waals surface area contributed by atoms with Gasteiger partial charge in [-0.1, -0.05) is 35.4 Å². The van der Waals surface area contributed by atoms with E-state index >= 15 is 0 Å². The van der Waals surface area contributed by atoms with E-state index in [1.165, 1.54) is 34.2 Å². The molecule has 4 rings (SSSR count). The van der Waals surface area contributed by atoms with Gasteiger partial charge in [0, 0.05) is 24.0 Å². The van der Waals surface area contributed by atoms with E-state index in [1.54, 1.807) is 12.1 Å². The van der Waals surface area contributed by atoms with Crippen molar-refractivity contribution in [3.63, 3.8) is 0 Å². The molecule has 0 bridgehead atoms. The van der Waals surface area contributed by atoms with Crippen molar-refractivity contribution in [2.24, 2.45) is 0 Å². The number of carbonyl (C=O) groups excluding carboxylic acids is 1. The molecule has 0 radical (unpaired) electrons. The first-order valence-corrected chi connectivity index (χ1v) is 13.7. The summed E-state index contributed by atoms with van der Waals surface area (Å²) >= 11 is 0. The van der Waals surface area contributed by atoms with E-state index < -0.39 is 29.6 Å². The van der Waals surface area contributed by atoms with Crippen LogP contribution in [0.4, 0.5) is 0 Å². The maximum Gasteiger partial charge on any atom is 0.326 e. The summed E-state index contributed by atoms with van der Waals surface area (Å²) in [5, 5.41) is 41.4. The van der Waals surface area contributed by atoms with Gasteiger partial charge < -0.3 is 30.1 Å². The lowest BCUT2D eigenvalue weighted by molar-refractivity contribution is -0.142. The molecule has 2 heterocycles. The number of hydrogen-bond acceptors (Lipinski definition) is 6. The van der Waals surface area contributed by atoms with Gasteiger partial charge in [0.15, 0.2) is 0 Å². The Morgan fingerprint density at radius 2 is 1.82 bits per heavy atom. The highest BCUT2D eigenvalue weighted by atomic mass is 16.5. The van der Waals surface area contributed by atoms with Crippen molar-refractivity contribution in [2.45, 2.75) is 90.5 Å².